The molecule has 0 aliphatic carbocycles. The molecule has 3 aromatic carbocycles. The van der Waals surface area contributed by atoms with Crippen LogP contribution in [-0.2, 0) is 16.0 Å². The third-order valence-electron chi connectivity index (χ3n) is 5.77. The van der Waals surface area contributed by atoms with Gasteiger partial charge in [-0.2, -0.15) is 0 Å². The van der Waals surface area contributed by atoms with Crippen LogP contribution in [0.4, 0.5) is 11.4 Å². The molecule has 1 saturated heterocycles. The Morgan fingerprint density at radius 3 is 2.47 bits per heavy atom. The van der Waals surface area contributed by atoms with Gasteiger partial charge in [-0.25, -0.2) is 4.99 Å². The molecule has 3 aromatic rings. The Labute approximate surface area is 227 Å². The van der Waals surface area contributed by atoms with Crippen LogP contribution in [0.3, 0.4) is 0 Å². The molecule has 2 amide bonds. The summed E-state index contributed by atoms with van der Waals surface area (Å²) in [6.45, 7) is 6.71. The number of para-hydroxylation sites is 2. The molecule has 1 aliphatic heterocycles. The number of ether oxygens (including phenoxy) is 2. The molecule has 38 heavy (non-hydrogen) atoms. The Morgan fingerprint density at radius 2 is 1.74 bits per heavy atom. The number of carbonyl (C=O) groups excluding carboxylic acids is 2. The predicted molar refractivity (Wildman–Crippen MR) is 154 cm³/mol. The molecule has 196 valence electrons. The summed E-state index contributed by atoms with van der Waals surface area (Å²) in [4.78, 5) is 32.6. The second-order valence-corrected chi connectivity index (χ2v) is 9.39. The second-order valence-electron chi connectivity index (χ2n) is 8.38. The van der Waals surface area contributed by atoms with Crippen molar-refractivity contribution in [3.63, 3.8) is 0 Å². The summed E-state index contributed by atoms with van der Waals surface area (Å²) < 4.78 is 11.5. The Hall–Kier alpha value is -4.04. The van der Waals surface area contributed by atoms with Gasteiger partial charge in [-0.05, 0) is 79.6 Å². The van der Waals surface area contributed by atoms with Crippen molar-refractivity contribution in [3.05, 3.63) is 88.8 Å². The molecule has 7 nitrogen and oxygen atoms in total. The van der Waals surface area contributed by atoms with Gasteiger partial charge in [0.25, 0.3) is 11.8 Å². The fourth-order valence-corrected chi connectivity index (χ4v) is 4.96. The number of amides is 2. The van der Waals surface area contributed by atoms with Gasteiger partial charge < -0.3 is 14.8 Å². The molecule has 0 spiro atoms. The number of hydrogen-bond donors (Lipinski definition) is 1. The maximum absolute atomic E-state index is 13.2. The number of hydrogen-bond acceptors (Lipinski definition) is 6. The third kappa shape index (κ3) is 6.63. The summed E-state index contributed by atoms with van der Waals surface area (Å²) in [7, 11) is 0. The van der Waals surface area contributed by atoms with Crippen LogP contribution >= 0.6 is 11.8 Å². The quantitative estimate of drug-likeness (QED) is 0.312. The molecular weight excluding hydrogens is 498 g/mol. The summed E-state index contributed by atoms with van der Waals surface area (Å²) in [5.41, 5.74) is 3.50. The SMILES string of the molecule is CCOc1cc(/C=C2/SC(=Nc3ccccc3CC)N(CC)C2=O)ccc1OCC(=O)Nc1ccccc1. The molecule has 0 atom stereocenters. The molecule has 1 aliphatic rings. The molecule has 8 heteroatoms. The molecule has 0 aromatic heterocycles. The monoisotopic (exact) mass is 529 g/mol. The van der Waals surface area contributed by atoms with E-state index < -0.39 is 0 Å². The van der Waals surface area contributed by atoms with Crippen LogP contribution in [0.1, 0.15) is 31.9 Å². The number of amidine groups is 1. The highest BCUT2D eigenvalue weighted by Gasteiger charge is 2.32. The fraction of sp³-hybridized carbons (Fsp3) is 0.233. The molecule has 1 N–H and O–H groups in total. The molecule has 0 radical (unpaired) electrons. The van der Waals surface area contributed by atoms with Gasteiger partial charge in [0.05, 0.1) is 17.2 Å². The largest absolute Gasteiger partial charge is 0.490 e. The van der Waals surface area contributed by atoms with Crippen LogP contribution in [0.15, 0.2) is 82.7 Å². The molecule has 1 heterocycles. The number of nitrogens with one attached hydrogen (secondary N) is 1. The van der Waals surface area contributed by atoms with Crippen molar-refractivity contribution >= 4 is 46.2 Å². The fourth-order valence-electron chi connectivity index (χ4n) is 3.91. The van der Waals surface area contributed by atoms with Gasteiger partial charge in [-0.3, -0.25) is 14.5 Å². The van der Waals surface area contributed by atoms with E-state index in [1.165, 1.54) is 11.8 Å². The number of benzene rings is 3. The number of likely N-dealkylation sites (N-methyl/N-ethyl adjacent to an activating group) is 1. The minimum atomic E-state index is -0.270. The third-order valence-corrected chi connectivity index (χ3v) is 6.78. The minimum absolute atomic E-state index is 0.0823. The lowest BCUT2D eigenvalue weighted by Gasteiger charge is -2.13. The number of rotatable bonds is 10. The number of thioether (sulfide) groups is 1. The van der Waals surface area contributed by atoms with Crippen LogP contribution < -0.4 is 14.8 Å². The van der Waals surface area contributed by atoms with E-state index in [4.69, 9.17) is 14.5 Å². The lowest BCUT2D eigenvalue weighted by Crippen LogP contribution is -2.28. The zero-order valence-corrected chi connectivity index (χ0v) is 22.6. The number of carbonyl (C=O) groups is 2. The first kappa shape index (κ1) is 27.0. The van der Waals surface area contributed by atoms with E-state index in [0.29, 0.717) is 40.4 Å². The normalized spacial score (nSPS) is 15.2. The molecule has 4 rings (SSSR count). The van der Waals surface area contributed by atoms with Gasteiger partial charge in [-0.1, -0.05) is 49.4 Å². The van der Waals surface area contributed by atoms with Crippen LogP contribution in [0.5, 0.6) is 11.5 Å². The Bertz CT molecular complexity index is 1350. The van der Waals surface area contributed by atoms with Crippen molar-refractivity contribution in [3.8, 4) is 11.5 Å². The number of anilines is 1. The van der Waals surface area contributed by atoms with E-state index in [-0.39, 0.29) is 18.4 Å². The highest BCUT2D eigenvalue weighted by molar-refractivity contribution is 8.18. The van der Waals surface area contributed by atoms with Gasteiger partial charge in [0.1, 0.15) is 0 Å². The molecule has 0 unspecified atom stereocenters. The van der Waals surface area contributed by atoms with Crippen LogP contribution in [0.2, 0.25) is 0 Å². The molecular formula is C30H31N3O4S. The zero-order valence-electron chi connectivity index (χ0n) is 21.8. The summed E-state index contributed by atoms with van der Waals surface area (Å²) in [6.07, 6.45) is 2.70. The topological polar surface area (TPSA) is 80.2 Å². The number of aliphatic imine (C=N–C) groups is 1. The van der Waals surface area contributed by atoms with E-state index in [2.05, 4.69) is 18.3 Å². The molecule has 1 fully saturated rings. The Balaban J connectivity index is 1.52. The summed E-state index contributed by atoms with van der Waals surface area (Å²) in [5.74, 6) is 0.606. The lowest BCUT2D eigenvalue weighted by molar-refractivity contribution is -0.122. The predicted octanol–water partition coefficient (Wildman–Crippen LogP) is 6.29. The smallest absolute Gasteiger partial charge is 0.266 e. The van der Waals surface area contributed by atoms with E-state index in [9.17, 15) is 9.59 Å². The van der Waals surface area contributed by atoms with Crippen LogP contribution in [0, 0.1) is 0 Å². The van der Waals surface area contributed by atoms with Crippen molar-refractivity contribution in [2.75, 3.05) is 25.1 Å². The zero-order chi connectivity index (χ0) is 26.9. The summed E-state index contributed by atoms with van der Waals surface area (Å²) >= 11 is 1.36. The van der Waals surface area contributed by atoms with Gasteiger partial charge in [0.2, 0.25) is 0 Å². The lowest BCUT2D eigenvalue weighted by atomic mass is 10.1. The number of nitrogens with zero attached hydrogens (tertiary/aromatic N) is 2. The van der Waals surface area contributed by atoms with E-state index in [1.54, 1.807) is 11.0 Å². The van der Waals surface area contributed by atoms with Crippen molar-refractivity contribution in [1.82, 2.24) is 4.90 Å². The van der Waals surface area contributed by atoms with Crippen LogP contribution in [0.25, 0.3) is 6.08 Å². The Kier molecular flexibility index (Phi) is 9.21. The van der Waals surface area contributed by atoms with Crippen molar-refractivity contribution in [1.29, 1.82) is 0 Å². The summed E-state index contributed by atoms with van der Waals surface area (Å²) in [6, 6.07) is 22.6. The number of aryl methyl sites for hydroxylation is 1. The van der Waals surface area contributed by atoms with Gasteiger partial charge in [-0.15, -0.1) is 0 Å². The Morgan fingerprint density at radius 1 is 0.974 bits per heavy atom. The first-order valence-corrected chi connectivity index (χ1v) is 13.5. The first-order chi connectivity index (χ1) is 18.5. The standard InChI is InChI=1S/C30H31N3O4S/c1-4-22-12-10-11-15-24(22)32-30-33(5-2)29(35)27(38-30)19-21-16-17-25(26(18-21)36-6-3)37-20-28(34)31-23-13-8-7-9-14-23/h7-19H,4-6,20H2,1-3H3,(H,31,34)/b27-19+,32-30?. The minimum Gasteiger partial charge on any atom is -0.490 e. The average molecular weight is 530 g/mol. The maximum atomic E-state index is 13.2. The average Bonchev–Trinajstić information content (AvgIpc) is 3.22. The van der Waals surface area contributed by atoms with Crippen molar-refractivity contribution in [2.24, 2.45) is 4.99 Å². The van der Waals surface area contributed by atoms with Crippen molar-refractivity contribution < 1.29 is 19.1 Å². The van der Waals surface area contributed by atoms with E-state index in [0.717, 1.165) is 23.2 Å². The molecule has 0 saturated carbocycles. The second kappa shape index (κ2) is 13.0. The highest BCUT2D eigenvalue weighted by Crippen LogP contribution is 2.36. The molecule has 0 bridgehead atoms. The highest BCUT2D eigenvalue weighted by atomic mass is 32.2. The van der Waals surface area contributed by atoms with Gasteiger partial charge in [0, 0.05) is 12.2 Å². The van der Waals surface area contributed by atoms with E-state index in [1.807, 2.05) is 80.6 Å². The first-order valence-electron chi connectivity index (χ1n) is 12.6. The van der Waals surface area contributed by atoms with Gasteiger partial charge >= 0.3 is 0 Å². The van der Waals surface area contributed by atoms with Gasteiger partial charge in [0.15, 0.2) is 23.3 Å². The van der Waals surface area contributed by atoms with E-state index >= 15 is 0 Å². The van der Waals surface area contributed by atoms with Crippen LogP contribution in [-0.4, -0.2) is 41.6 Å². The summed E-state index contributed by atoms with van der Waals surface area (Å²) in [5, 5.41) is 3.46. The maximum Gasteiger partial charge on any atom is 0.266 e. The van der Waals surface area contributed by atoms with Crippen molar-refractivity contribution in [2.45, 2.75) is 27.2 Å².